The zero-order chi connectivity index (χ0) is 46.8. The van der Waals surface area contributed by atoms with Gasteiger partial charge >= 0.3 is 11.9 Å². The second-order valence-electron chi connectivity index (χ2n) is 22.6. The average molecular weight is 903 g/mol. The maximum absolute atomic E-state index is 11.8. The van der Waals surface area contributed by atoms with Gasteiger partial charge in [-0.1, -0.05) is 90.1 Å². The molecule has 0 atom stereocenters. The fourth-order valence-corrected chi connectivity index (χ4v) is 11.4. The van der Waals surface area contributed by atoms with Crippen molar-refractivity contribution in [2.45, 2.75) is 164 Å². The standard InChI is InChI=1S/C30H43NO3.C28H39NO3/c1-5-33-29(32)19-22-15-17-31(18-16-22)21-24-8-6-7-23-20-27(13-14-28(23)24)34-26-11-9-25(10-12-26)30(2,3)4;1-28(2,3)23-7-9-24(10-8-23)32-25-11-12-26-21(18-25)5-4-6-22(26)19-29-15-13-20(14-16-29)17-27(30)31/h6-8,13-14,20,22,25-26H,5,9-12,15-19,21H2,1-4H3;4-6,11-12,18,20,23-24H,7-10,13-17,19H2,1-3H3,(H,30,31). The van der Waals surface area contributed by atoms with Crippen molar-refractivity contribution in [3.8, 4) is 11.5 Å². The van der Waals surface area contributed by atoms with E-state index in [1.165, 1.54) is 58.4 Å². The van der Waals surface area contributed by atoms with Gasteiger partial charge in [-0.25, -0.2) is 0 Å². The molecule has 4 fully saturated rings. The molecule has 1 N–H and O–H groups in total. The number of hydrogen-bond donors (Lipinski definition) is 1. The van der Waals surface area contributed by atoms with E-state index in [9.17, 15) is 9.59 Å². The molecule has 8 rings (SSSR count). The lowest BCUT2D eigenvalue weighted by molar-refractivity contribution is -0.144. The normalized spacial score (nSPS) is 23.0. The second kappa shape index (κ2) is 22.8. The molecule has 0 amide bonds. The molecule has 0 spiro atoms. The van der Waals surface area contributed by atoms with Crippen LogP contribution in [0.15, 0.2) is 72.8 Å². The van der Waals surface area contributed by atoms with Gasteiger partial charge in [-0.05, 0) is 202 Å². The molecule has 4 aromatic carbocycles. The number of ether oxygens (including phenoxy) is 3. The molecular formula is C58H82N2O6. The number of carboxylic acids is 1. The van der Waals surface area contributed by atoms with E-state index in [0.29, 0.717) is 54.3 Å². The molecule has 0 bridgehead atoms. The Hall–Kier alpha value is -4.14. The summed E-state index contributed by atoms with van der Waals surface area (Å²) in [5.74, 6) is 3.67. The highest BCUT2D eigenvalue weighted by Crippen LogP contribution is 2.41. The van der Waals surface area contributed by atoms with Crippen molar-refractivity contribution in [1.29, 1.82) is 0 Å². The second-order valence-corrected chi connectivity index (χ2v) is 22.6. The van der Waals surface area contributed by atoms with Crippen LogP contribution in [0.5, 0.6) is 11.5 Å². The average Bonchev–Trinajstić information content (AvgIpc) is 3.28. The van der Waals surface area contributed by atoms with Crippen molar-refractivity contribution in [3.63, 3.8) is 0 Å². The SMILES string of the molecule is CC(C)(C)C1CCC(Oc2ccc3c(CN4CCC(CC(=O)O)CC4)cccc3c2)CC1.CCOC(=O)CC1CCN(Cc2cccc3cc(OC4CCC(C(C)(C)C)CC4)ccc23)CC1. The monoisotopic (exact) mass is 903 g/mol. The summed E-state index contributed by atoms with van der Waals surface area (Å²) in [5, 5.41) is 14.1. The van der Waals surface area contributed by atoms with Gasteiger partial charge in [-0.15, -0.1) is 0 Å². The van der Waals surface area contributed by atoms with Gasteiger partial charge in [0.05, 0.1) is 18.8 Å². The minimum atomic E-state index is -0.669. The molecule has 2 aliphatic carbocycles. The third-order valence-electron chi connectivity index (χ3n) is 15.7. The highest BCUT2D eigenvalue weighted by molar-refractivity contribution is 5.88. The van der Waals surface area contributed by atoms with Gasteiger partial charge in [0, 0.05) is 25.9 Å². The Balaban J connectivity index is 0.000000197. The lowest BCUT2D eigenvalue weighted by Gasteiger charge is -2.37. The Kier molecular flexibility index (Phi) is 17.2. The van der Waals surface area contributed by atoms with Crippen molar-refractivity contribution in [2.75, 3.05) is 32.8 Å². The van der Waals surface area contributed by atoms with Crippen molar-refractivity contribution in [2.24, 2.45) is 34.5 Å². The fourth-order valence-electron chi connectivity index (χ4n) is 11.4. The van der Waals surface area contributed by atoms with Crippen LogP contribution in [0.3, 0.4) is 0 Å². The first-order valence-corrected chi connectivity index (χ1v) is 25.8. The van der Waals surface area contributed by atoms with E-state index in [-0.39, 0.29) is 5.97 Å². The molecule has 360 valence electrons. The molecule has 4 aromatic rings. The first-order valence-electron chi connectivity index (χ1n) is 25.8. The predicted molar refractivity (Wildman–Crippen MR) is 269 cm³/mol. The van der Waals surface area contributed by atoms with Crippen LogP contribution in [-0.4, -0.2) is 71.8 Å². The van der Waals surface area contributed by atoms with Crippen LogP contribution < -0.4 is 9.47 Å². The molecule has 0 aromatic heterocycles. The Morgan fingerprint density at radius 1 is 0.561 bits per heavy atom. The summed E-state index contributed by atoms with van der Waals surface area (Å²) in [6.07, 6.45) is 15.3. The first-order chi connectivity index (χ1) is 31.6. The predicted octanol–water partition coefficient (Wildman–Crippen LogP) is 13.5. The maximum Gasteiger partial charge on any atom is 0.306 e. The third-order valence-corrected chi connectivity index (χ3v) is 15.7. The number of benzene rings is 4. The van der Waals surface area contributed by atoms with Crippen molar-refractivity contribution >= 4 is 33.5 Å². The summed E-state index contributed by atoms with van der Waals surface area (Å²) in [5.41, 5.74) is 3.52. The van der Waals surface area contributed by atoms with E-state index in [1.807, 2.05) is 6.92 Å². The van der Waals surface area contributed by atoms with E-state index in [1.54, 1.807) is 0 Å². The number of aliphatic carboxylic acids is 1. The molecule has 2 aliphatic heterocycles. The van der Waals surface area contributed by atoms with E-state index < -0.39 is 5.97 Å². The summed E-state index contributed by atoms with van der Waals surface area (Å²) < 4.78 is 18.0. The zero-order valence-corrected chi connectivity index (χ0v) is 41.6. The van der Waals surface area contributed by atoms with Gasteiger partial charge < -0.3 is 19.3 Å². The molecule has 8 heteroatoms. The Morgan fingerprint density at radius 2 is 0.970 bits per heavy atom. The summed E-state index contributed by atoms with van der Waals surface area (Å²) in [6.45, 7) is 22.4. The smallest absolute Gasteiger partial charge is 0.306 e. The molecule has 2 saturated carbocycles. The van der Waals surface area contributed by atoms with E-state index in [2.05, 4.69) is 124 Å². The number of carboxylic acid groups (broad SMARTS) is 1. The van der Waals surface area contributed by atoms with Crippen LogP contribution in [0, 0.1) is 34.5 Å². The first kappa shape index (κ1) is 49.8. The van der Waals surface area contributed by atoms with Gasteiger partial charge in [0.2, 0.25) is 0 Å². The van der Waals surface area contributed by atoms with Crippen LogP contribution in [0.2, 0.25) is 0 Å². The molecule has 66 heavy (non-hydrogen) atoms. The summed E-state index contributed by atoms with van der Waals surface area (Å²) >= 11 is 0. The Morgan fingerprint density at radius 3 is 1.35 bits per heavy atom. The van der Waals surface area contributed by atoms with Crippen LogP contribution in [0.4, 0.5) is 0 Å². The Labute approximate surface area is 397 Å². The third kappa shape index (κ3) is 14.2. The van der Waals surface area contributed by atoms with Crippen LogP contribution in [-0.2, 0) is 27.4 Å². The molecule has 2 saturated heterocycles. The number of piperidine rings is 2. The Bertz CT molecular complexity index is 2170. The lowest BCUT2D eigenvalue weighted by atomic mass is 9.72. The number of carbonyl (C=O) groups is 2. The largest absolute Gasteiger partial charge is 0.490 e. The van der Waals surface area contributed by atoms with Gasteiger partial charge in [-0.3, -0.25) is 19.4 Å². The quantitative estimate of drug-likeness (QED) is 0.133. The van der Waals surface area contributed by atoms with Gasteiger partial charge in [0.15, 0.2) is 0 Å². The van der Waals surface area contributed by atoms with E-state index in [0.717, 1.165) is 114 Å². The molecule has 2 heterocycles. The summed E-state index contributed by atoms with van der Waals surface area (Å²) in [7, 11) is 0. The highest BCUT2D eigenvalue weighted by atomic mass is 16.5. The van der Waals surface area contributed by atoms with Gasteiger partial charge in [0.1, 0.15) is 11.5 Å². The fraction of sp³-hybridized carbons (Fsp3) is 0.621. The molecule has 8 nitrogen and oxygen atoms in total. The van der Waals surface area contributed by atoms with Crippen molar-refractivity contribution in [1.82, 2.24) is 9.80 Å². The summed E-state index contributed by atoms with van der Waals surface area (Å²) in [4.78, 5) is 27.7. The number of rotatable bonds is 13. The number of nitrogens with zero attached hydrogens (tertiary/aromatic N) is 2. The van der Waals surface area contributed by atoms with Crippen LogP contribution >= 0.6 is 0 Å². The molecule has 0 unspecified atom stereocenters. The number of likely N-dealkylation sites (tertiary alicyclic amines) is 2. The molecule has 4 aliphatic rings. The summed E-state index contributed by atoms with van der Waals surface area (Å²) in [6, 6.07) is 26.4. The number of esters is 1. The van der Waals surface area contributed by atoms with E-state index in [4.69, 9.17) is 19.3 Å². The maximum atomic E-state index is 11.8. The van der Waals surface area contributed by atoms with E-state index >= 15 is 0 Å². The van der Waals surface area contributed by atoms with Crippen molar-refractivity contribution < 1.29 is 28.9 Å². The number of fused-ring (bicyclic) bond motifs is 2. The number of hydrogen-bond acceptors (Lipinski definition) is 7. The highest BCUT2D eigenvalue weighted by Gasteiger charge is 2.32. The topological polar surface area (TPSA) is 88.5 Å². The zero-order valence-electron chi connectivity index (χ0n) is 41.6. The van der Waals surface area contributed by atoms with Gasteiger partial charge in [-0.2, -0.15) is 0 Å². The van der Waals surface area contributed by atoms with Crippen LogP contribution in [0.25, 0.3) is 21.5 Å². The minimum absolute atomic E-state index is 0.0460. The van der Waals surface area contributed by atoms with Gasteiger partial charge in [0.25, 0.3) is 0 Å². The lowest BCUT2D eigenvalue weighted by Crippen LogP contribution is -2.34. The van der Waals surface area contributed by atoms with Crippen molar-refractivity contribution in [3.05, 3.63) is 83.9 Å². The molecule has 0 radical (unpaired) electrons. The number of carbonyl (C=O) groups excluding carboxylic acids is 1. The van der Waals surface area contributed by atoms with Crippen LogP contribution in [0.1, 0.15) is 149 Å². The molecular weight excluding hydrogens is 821 g/mol. The minimum Gasteiger partial charge on any atom is -0.490 e.